The molecule has 1 aromatic carbocycles. The van der Waals surface area contributed by atoms with Crippen molar-refractivity contribution >= 4 is 5.69 Å². The standard InChI is InChI=1S/C20H20FN5/c21-18-3-1-2-4-19(18)26-13-11-25(12-14-26)15-17-7-10-23-20(24-17)16-5-8-22-9-6-16/h1-10H,11-15H2. The van der Waals surface area contributed by atoms with Crippen LogP contribution in [-0.2, 0) is 6.54 Å². The fraction of sp³-hybridized carbons (Fsp3) is 0.250. The van der Waals surface area contributed by atoms with Crippen molar-refractivity contribution in [1.82, 2.24) is 19.9 Å². The number of piperazine rings is 1. The second-order valence-electron chi connectivity index (χ2n) is 6.32. The maximum Gasteiger partial charge on any atom is 0.159 e. The van der Waals surface area contributed by atoms with Crippen molar-refractivity contribution in [3.05, 3.63) is 72.6 Å². The van der Waals surface area contributed by atoms with Gasteiger partial charge in [-0.3, -0.25) is 9.88 Å². The van der Waals surface area contributed by atoms with Gasteiger partial charge in [0, 0.05) is 56.9 Å². The van der Waals surface area contributed by atoms with Gasteiger partial charge in [-0.15, -0.1) is 0 Å². The first kappa shape index (κ1) is 16.6. The van der Waals surface area contributed by atoms with E-state index in [9.17, 15) is 4.39 Å². The molecule has 0 aliphatic carbocycles. The lowest BCUT2D eigenvalue weighted by atomic mass is 10.2. The first-order valence-electron chi connectivity index (χ1n) is 8.74. The van der Waals surface area contributed by atoms with Gasteiger partial charge in [-0.05, 0) is 30.3 Å². The molecule has 0 radical (unpaired) electrons. The van der Waals surface area contributed by atoms with Gasteiger partial charge in [-0.25, -0.2) is 14.4 Å². The van der Waals surface area contributed by atoms with E-state index in [1.54, 1.807) is 24.7 Å². The molecular weight excluding hydrogens is 329 g/mol. The minimum atomic E-state index is -0.154. The molecule has 1 saturated heterocycles. The SMILES string of the molecule is Fc1ccccc1N1CCN(Cc2ccnc(-c3ccncc3)n2)CC1. The van der Waals surface area contributed by atoms with Crippen LogP contribution in [0.25, 0.3) is 11.4 Å². The first-order chi connectivity index (χ1) is 12.8. The van der Waals surface area contributed by atoms with Gasteiger partial charge >= 0.3 is 0 Å². The van der Waals surface area contributed by atoms with E-state index in [4.69, 9.17) is 0 Å². The summed E-state index contributed by atoms with van der Waals surface area (Å²) >= 11 is 0. The van der Waals surface area contributed by atoms with Crippen LogP contribution in [0.4, 0.5) is 10.1 Å². The Kier molecular flexibility index (Phi) is 4.84. The number of anilines is 1. The van der Waals surface area contributed by atoms with Crippen LogP contribution in [0.2, 0.25) is 0 Å². The van der Waals surface area contributed by atoms with E-state index in [0.29, 0.717) is 5.69 Å². The number of halogens is 1. The number of rotatable bonds is 4. The minimum absolute atomic E-state index is 0.154. The highest BCUT2D eigenvalue weighted by atomic mass is 19.1. The summed E-state index contributed by atoms with van der Waals surface area (Å²) in [7, 11) is 0. The third-order valence-corrected chi connectivity index (χ3v) is 4.60. The molecule has 26 heavy (non-hydrogen) atoms. The van der Waals surface area contributed by atoms with E-state index in [-0.39, 0.29) is 5.82 Å². The molecule has 132 valence electrons. The average molecular weight is 349 g/mol. The van der Waals surface area contributed by atoms with Gasteiger partial charge in [0.2, 0.25) is 0 Å². The van der Waals surface area contributed by atoms with Crippen molar-refractivity contribution in [2.24, 2.45) is 0 Å². The molecule has 0 amide bonds. The molecule has 0 N–H and O–H groups in total. The maximum atomic E-state index is 13.9. The fourth-order valence-corrected chi connectivity index (χ4v) is 3.21. The average Bonchev–Trinajstić information content (AvgIpc) is 2.70. The number of para-hydroxylation sites is 1. The first-order valence-corrected chi connectivity index (χ1v) is 8.74. The third kappa shape index (κ3) is 3.70. The highest BCUT2D eigenvalue weighted by Gasteiger charge is 2.19. The summed E-state index contributed by atoms with van der Waals surface area (Å²) in [5.41, 5.74) is 2.64. The number of nitrogens with zero attached hydrogens (tertiary/aromatic N) is 5. The fourth-order valence-electron chi connectivity index (χ4n) is 3.21. The van der Waals surface area contributed by atoms with E-state index in [0.717, 1.165) is 49.8 Å². The zero-order valence-electron chi connectivity index (χ0n) is 14.4. The Morgan fingerprint density at radius 3 is 2.42 bits per heavy atom. The number of pyridine rings is 1. The Balaban J connectivity index is 1.40. The lowest BCUT2D eigenvalue weighted by Gasteiger charge is -2.36. The Hall–Kier alpha value is -2.86. The summed E-state index contributed by atoms with van der Waals surface area (Å²) in [5.74, 6) is 0.564. The van der Waals surface area contributed by atoms with Gasteiger partial charge in [0.15, 0.2) is 5.82 Å². The number of hydrogen-bond donors (Lipinski definition) is 0. The molecular formula is C20H20FN5. The van der Waals surface area contributed by atoms with E-state index < -0.39 is 0 Å². The molecule has 3 aromatic rings. The number of aromatic nitrogens is 3. The van der Waals surface area contributed by atoms with Gasteiger partial charge in [-0.2, -0.15) is 0 Å². The molecule has 3 heterocycles. The van der Waals surface area contributed by atoms with Crippen LogP contribution in [0.3, 0.4) is 0 Å². The van der Waals surface area contributed by atoms with Crippen molar-refractivity contribution in [3.8, 4) is 11.4 Å². The zero-order valence-corrected chi connectivity index (χ0v) is 14.4. The summed E-state index contributed by atoms with van der Waals surface area (Å²) in [4.78, 5) is 17.5. The predicted molar refractivity (Wildman–Crippen MR) is 99.2 cm³/mol. The van der Waals surface area contributed by atoms with E-state index in [2.05, 4.69) is 24.8 Å². The second kappa shape index (κ2) is 7.58. The Morgan fingerprint density at radius 2 is 1.65 bits per heavy atom. The van der Waals surface area contributed by atoms with Crippen molar-refractivity contribution in [3.63, 3.8) is 0 Å². The lowest BCUT2D eigenvalue weighted by molar-refractivity contribution is 0.246. The summed E-state index contributed by atoms with van der Waals surface area (Å²) in [6, 6.07) is 12.7. The molecule has 0 saturated carbocycles. The monoisotopic (exact) mass is 349 g/mol. The highest BCUT2D eigenvalue weighted by molar-refractivity contribution is 5.53. The molecule has 0 atom stereocenters. The van der Waals surface area contributed by atoms with Crippen LogP contribution >= 0.6 is 0 Å². The zero-order chi connectivity index (χ0) is 17.8. The predicted octanol–water partition coefficient (Wildman–Crippen LogP) is 3.00. The Bertz CT molecular complexity index is 863. The molecule has 1 aliphatic rings. The summed E-state index contributed by atoms with van der Waals surface area (Å²) in [6.07, 6.45) is 5.29. The normalized spacial score (nSPS) is 15.2. The molecule has 4 rings (SSSR count). The van der Waals surface area contributed by atoms with E-state index >= 15 is 0 Å². The summed E-state index contributed by atoms with van der Waals surface area (Å²) in [6.45, 7) is 4.14. The number of hydrogen-bond acceptors (Lipinski definition) is 5. The van der Waals surface area contributed by atoms with E-state index in [1.165, 1.54) is 6.07 Å². The van der Waals surface area contributed by atoms with Crippen LogP contribution in [0.15, 0.2) is 61.1 Å². The van der Waals surface area contributed by atoms with Gasteiger partial charge in [-0.1, -0.05) is 12.1 Å². The van der Waals surface area contributed by atoms with Crippen LogP contribution in [0.5, 0.6) is 0 Å². The summed E-state index contributed by atoms with van der Waals surface area (Å²) < 4.78 is 13.9. The van der Waals surface area contributed by atoms with Gasteiger partial charge in [0.25, 0.3) is 0 Å². The molecule has 1 fully saturated rings. The Labute approximate surface area is 152 Å². The highest BCUT2D eigenvalue weighted by Crippen LogP contribution is 2.21. The molecule has 0 bridgehead atoms. The smallest absolute Gasteiger partial charge is 0.159 e. The molecule has 0 unspecified atom stereocenters. The lowest BCUT2D eigenvalue weighted by Crippen LogP contribution is -2.46. The van der Waals surface area contributed by atoms with Gasteiger partial charge < -0.3 is 4.90 Å². The minimum Gasteiger partial charge on any atom is -0.367 e. The molecule has 5 nitrogen and oxygen atoms in total. The van der Waals surface area contributed by atoms with Gasteiger partial charge in [0.05, 0.1) is 11.4 Å². The van der Waals surface area contributed by atoms with Crippen molar-refractivity contribution in [2.45, 2.75) is 6.54 Å². The van der Waals surface area contributed by atoms with Crippen molar-refractivity contribution in [2.75, 3.05) is 31.1 Å². The van der Waals surface area contributed by atoms with Crippen LogP contribution < -0.4 is 4.90 Å². The van der Waals surface area contributed by atoms with Crippen molar-refractivity contribution < 1.29 is 4.39 Å². The van der Waals surface area contributed by atoms with E-state index in [1.807, 2.05) is 30.3 Å². The van der Waals surface area contributed by atoms with Gasteiger partial charge in [0.1, 0.15) is 5.82 Å². The largest absolute Gasteiger partial charge is 0.367 e. The maximum absolute atomic E-state index is 13.9. The van der Waals surface area contributed by atoms with Crippen LogP contribution in [-0.4, -0.2) is 46.0 Å². The topological polar surface area (TPSA) is 45.2 Å². The Morgan fingerprint density at radius 1 is 0.885 bits per heavy atom. The quantitative estimate of drug-likeness (QED) is 0.725. The molecule has 0 spiro atoms. The van der Waals surface area contributed by atoms with Crippen LogP contribution in [0, 0.1) is 5.82 Å². The second-order valence-corrected chi connectivity index (χ2v) is 6.32. The van der Waals surface area contributed by atoms with Crippen LogP contribution in [0.1, 0.15) is 5.69 Å². The number of benzene rings is 1. The third-order valence-electron chi connectivity index (χ3n) is 4.60. The summed E-state index contributed by atoms with van der Waals surface area (Å²) in [5, 5.41) is 0. The molecule has 6 heteroatoms. The molecule has 1 aliphatic heterocycles. The molecule has 2 aromatic heterocycles. The van der Waals surface area contributed by atoms with Crippen molar-refractivity contribution in [1.29, 1.82) is 0 Å².